The zero-order valence-electron chi connectivity index (χ0n) is 8.95. The molecule has 0 bridgehead atoms. The molecule has 18 heavy (non-hydrogen) atoms. The van der Waals surface area contributed by atoms with E-state index >= 15 is 0 Å². The average Bonchev–Trinajstić information content (AvgIpc) is 2.81. The number of amides is 1. The highest BCUT2D eigenvalue weighted by atomic mass is 19.4. The van der Waals surface area contributed by atoms with Crippen molar-refractivity contribution in [1.29, 1.82) is 0 Å². The van der Waals surface area contributed by atoms with Crippen LogP contribution in [0, 0.1) is 0 Å². The lowest BCUT2D eigenvalue weighted by atomic mass is 10.1. The Morgan fingerprint density at radius 2 is 2.00 bits per heavy atom. The van der Waals surface area contributed by atoms with Crippen molar-refractivity contribution in [1.82, 2.24) is 10.2 Å². The number of nitrogens with one attached hydrogen (secondary N) is 2. The molecule has 0 atom stereocenters. The number of benzene rings is 1. The normalized spacial score (nSPS) is 11.3. The minimum absolute atomic E-state index is 0.159. The molecule has 0 saturated carbocycles. The van der Waals surface area contributed by atoms with E-state index < -0.39 is 17.6 Å². The van der Waals surface area contributed by atoms with E-state index in [9.17, 15) is 18.0 Å². The van der Waals surface area contributed by atoms with Crippen molar-refractivity contribution >= 4 is 11.6 Å². The molecule has 0 aliphatic carbocycles. The highest BCUT2D eigenvalue weighted by Crippen LogP contribution is 2.34. The van der Waals surface area contributed by atoms with Crippen molar-refractivity contribution in [3.63, 3.8) is 0 Å². The summed E-state index contributed by atoms with van der Waals surface area (Å²) in [5.41, 5.74) is -1.01. The molecule has 0 spiro atoms. The van der Waals surface area contributed by atoms with E-state index in [1.807, 2.05) is 0 Å². The van der Waals surface area contributed by atoms with E-state index in [-0.39, 0.29) is 11.3 Å². The summed E-state index contributed by atoms with van der Waals surface area (Å²) >= 11 is 0. The number of aromatic amines is 1. The van der Waals surface area contributed by atoms with Crippen LogP contribution < -0.4 is 5.32 Å². The van der Waals surface area contributed by atoms with Crippen LogP contribution in [0.1, 0.15) is 15.9 Å². The van der Waals surface area contributed by atoms with Crippen LogP contribution in [-0.4, -0.2) is 16.1 Å². The van der Waals surface area contributed by atoms with Crippen LogP contribution in [0.15, 0.2) is 36.7 Å². The second-order valence-electron chi connectivity index (χ2n) is 3.48. The number of H-pyrrole nitrogens is 1. The Labute approximate surface area is 99.8 Å². The van der Waals surface area contributed by atoms with Gasteiger partial charge in [-0.25, -0.2) is 0 Å². The Kier molecular flexibility index (Phi) is 3.05. The number of hydrogen-bond donors (Lipinski definition) is 2. The van der Waals surface area contributed by atoms with Gasteiger partial charge in [-0.05, 0) is 12.1 Å². The lowest BCUT2D eigenvalue weighted by molar-refractivity contribution is -0.136. The standard InChI is InChI=1S/C11H8F3N3O/c12-11(13,14)8-3-1-2-4-9(8)17-10(18)7-5-15-16-6-7/h1-6H,(H,15,16)(H,17,18). The molecule has 0 radical (unpaired) electrons. The van der Waals surface area contributed by atoms with Crippen molar-refractivity contribution in [2.24, 2.45) is 0 Å². The monoisotopic (exact) mass is 255 g/mol. The van der Waals surface area contributed by atoms with E-state index in [2.05, 4.69) is 15.5 Å². The molecule has 0 aliphatic heterocycles. The van der Waals surface area contributed by atoms with E-state index in [1.54, 1.807) is 0 Å². The average molecular weight is 255 g/mol. The fourth-order valence-corrected chi connectivity index (χ4v) is 1.41. The molecule has 0 saturated heterocycles. The van der Waals surface area contributed by atoms with Gasteiger partial charge >= 0.3 is 6.18 Å². The van der Waals surface area contributed by atoms with Gasteiger partial charge in [0.1, 0.15) is 0 Å². The van der Waals surface area contributed by atoms with Crippen molar-refractivity contribution in [3.05, 3.63) is 47.8 Å². The number of alkyl halides is 3. The SMILES string of the molecule is O=C(Nc1ccccc1C(F)(F)F)c1cn[nH]c1. The van der Waals surface area contributed by atoms with Crippen LogP contribution in [0.2, 0.25) is 0 Å². The van der Waals surface area contributed by atoms with Crippen LogP contribution in [0.4, 0.5) is 18.9 Å². The number of aromatic nitrogens is 2. The Hall–Kier alpha value is -2.31. The molecule has 1 heterocycles. The van der Waals surface area contributed by atoms with Crippen molar-refractivity contribution < 1.29 is 18.0 Å². The van der Waals surface area contributed by atoms with E-state index in [0.29, 0.717) is 0 Å². The first kappa shape index (κ1) is 12.2. The first-order valence-corrected chi connectivity index (χ1v) is 4.95. The maximum Gasteiger partial charge on any atom is 0.418 e. The topological polar surface area (TPSA) is 57.8 Å². The first-order chi connectivity index (χ1) is 8.48. The zero-order chi connectivity index (χ0) is 13.2. The van der Waals surface area contributed by atoms with E-state index in [1.165, 1.54) is 30.6 Å². The second-order valence-corrected chi connectivity index (χ2v) is 3.48. The number of rotatable bonds is 2. The molecule has 2 N–H and O–H groups in total. The molecule has 0 unspecified atom stereocenters. The van der Waals surface area contributed by atoms with Gasteiger partial charge in [0.25, 0.3) is 5.91 Å². The van der Waals surface area contributed by atoms with Gasteiger partial charge < -0.3 is 5.32 Å². The van der Waals surface area contributed by atoms with Gasteiger partial charge in [0.05, 0.1) is 23.0 Å². The third-order valence-corrected chi connectivity index (χ3v) is 2.24. The number of para-hydroxylation sites is 1. The number of halogens is 3. The predicted octanol–water partition coefficient (Wildman–Crippen LogP) is 2.68. The number of hydrogen-bond acceptors (Lipinski definition) is 2. The Morgan fingerprint density at radius 3 is 2.61 bits per heavy atom. The molecule has 1 aromatic carbocycles. The molecule has 94 valence electrons. The van der Waals surface area contributed by atoms with Crippen LogP contribution in [0.3, 0.4) is 0 Å². The Balaban J connectivity index is 2.27. The smallest absolute Gasteiger partial charge is 0.321 e. The van der Waals surface area contributed by atoms with Gasteiger partial charge in [0, 0.05) is 6.20 Å². The fourth-order valence-electron chi connectivity index (χ4n) is 1.41. The molecule has 2 rings (SSSR count). The molecular weight excluding hydrogens is 247 g/mol. The van der Waals surface area contributed by atoms with Gasteiger partial charge in [-0.2, -0.15) is 18.3 Å². The predicted molar refractivity (Wildman–Crippen MR) is 58.0 cm³/mol. The number of nitrogens with zero attached hydrogens (tertiary/aromatic N) is 1. The highest BCUT2D eigenvalue weighted by molar-refractivity contribution is 6.04. The van der Waals surface area contributed by atoms with Crippen LogP contribution in [0.25, 0.3) is 0 Å². The summed E-state index contributed by atoms with van der Waals surface area (Å²) in [4.78, 5) is 11.6. The zero-order valence-corrected chi connectivity index (χ0v) is 8.95. The number of anilines is 1. The van der Waals surface area contributed by atoms with Crippen molar-refractivity contribution in [2.45, 2.75) is 6.18 Å². The summed E-state index contributed by atoms with van der Waals surface area (Å²) in [6, 6.07) is 4.78. The number of carbonyl (C=O) groups is 1. The van der Waals surface area contributed by atoms with Gasteiger partial charge in [-0.15, -0.1) is 0 Å². The number of carbonyl (C=O) groups excluding carboxylic acids is 1. The van der Waals surface area contributed by atoms with Crippen molar-refractivity contribution in [3.8, 4) is 0 Å². The lowest BCUT2D eigenvalue weighted by Crippen LogP contribution is -2.16. The van der Waals surface area contributed by atoms with E-state index in [4.69, 9.17) is 0 Å². The largest absolute Gasteiger partial charge is 0.418 e. The van der Waals surface area contributed by atoms with Gasteiger partial charge in [0.2, 0.25) is 0 Å². The minimum atomic E-state index is -4.51. The quantitative estimate of drug-likeness (QED) is 0.866. The van der Waals surface area contributed by atoms with Gasteiger partial charge in [-0.1, -0.05) is 12.1 Å². The third-order valence-electron chi connectivity index (χ3n) is 2.24. The molecule has 1 amide bonds. The summed E-state index contributed by atoms with van der Waals surface area (Å²) in [5, 5.41) is 8.16. The van der Waals surface area contributed by atoms with Crippen LogP contribution in [0.5, 0.6) is 0 Å². The maximum absolute atomic E-state index is 12.7. The Morgan fingerprint density at radius 1 is 1.28 bits per heavy atom. The third kappa shape index (κ3) is 2.50. The molecule has 4 nitrogen and oxygen atoms in total. The van der Waals surface area contributed by atoms with E-state index in [0.717, 1.165) is 6.07 Å². The highest BCUT2D eigenvalue weighted by Gasteiger charge is 2.33. The van der Waals surface area contributed by atoms with Crippen molar-refractivity contribution in [2.75, 3.05) is 5.32 Å². The molecule has 0 aliphatic rings. The summed E-state index contributed by atoms with van der Waals surface area (Å²) in [6.07, 6.45) is -1.99. The second kappa shape index (κ2) is 4.52. The van der Waals surface area contributed by atoms with Gasteiger partial charge in [-0.3, -0.25) is 9.89 Å². The van der Waals surface area contributed by atoms with Gasteiger partial charge in [0.15, 0.2) is 0 Å². The molecule has 7 heteroatoms. The summed E-state index contributed by atoms with van der Waals surface area (Å²) in [6.45, 7) is 0. The molecule has 2 aromatic rings. The lowest BCUT2D eigenvalue weighted by Gasteiger charge is -2.12. The summed E-state index contributed by atoms with van der Waals surface area (Å²) in [7, 11) is 0. The molecular formula is C11H8F3N3O. The fraction of sp³-hybridized carbons (Fsp3) is 0.0909. The summed E-state index contributed by atoms with van der Waals surface area (Å²) in [5.74, 6) is -0.652. The van der Waals surface area contributed by atoms with Crippen LogP contribution >= 0.6 is 0 Å². The summed E-state index contributed by atoms with van der Waals surface area (Å²) < 4.78 is 38.0. The maximum atomic E-state index is 12.7. The Bertz CT molecular complexity index is 549. The first-order valence-electron chi connectivity index (χ1n) is 4.95. The molecule has 1 aromatic heterocycles. The minimum Gasteiger partial charge on any atom is -0.321 e. The molecule has 0 fully saturated rings. The van der Waals surface area contributed by atoms with Crippen LogP contribution in [-0.2, 0) is 6.18 Å².